The van der Waals surface area contributed by atoms with Crippen molar-refractivity contribution in [1.82, 2.24) is 0 Å². The largest absolute Gasteiger partial charge is 1.00 e. The van der Waals surface area contributed by atoms with Gasteiger partial charge in [-0.25, -0.2) is 0 Å². The van der Waals surface area contributed by atoms with Crippen LogP contribution in [0.25, 0.3) is 0 Å². The van der Waals surface area contributed by atoms with Crippen molar-refractivity contribution in [3.05, 3.63) is 188 Å². The van der Waals surface area contributed by atoms with Gasteiger partial charge in [-0.05, 0) is 67.5 Å². The first-order chi connectivity index (χ1) is 19.8. The van der Waals surface area contributed by atoms with Crippen LogP contribution >= 0.6 is 15.2 Å². The summed E-state index contributed by atoms with van der Waals surface area (Å²) in [5, 5.41) is 8.42. The molecule has 0 N–H and O–H groups in total. The Hall–Kier alpha value is -2.79. The van der Waals surface area contributed by atoms with Gasteiger partial charge in [0.05, 0.1) is 15.9 Å². The Labute approximate surface area is 275 Å². The maximum Gasteiger partial charge on any atom is 1.00 e. The molecule has 4 heteroatoms. The van der Waals surface area contributed by atoms with Gasteiger partial charge in [0, 0.05) is 0 Å². The molecule has 0 atom stereocenters. The Morgan fingerprint density at radius 2 is 0.595 bits per heavy atom. The molecule has 0 nitrogen and oxygen atoms in total. The molecular weight excluding hydrogens is 751 g/mol. The molecule has 0 saturated heterocycles. The summed E-state index contributed by atoms with van der Waals surface area (Å²) in [6, 6.07) is 65.0. The minimum absolute atomic E-state index is 0. The van der Waals surface area contributed by atoms with Gasteiger partial charge in [-0.15, -0.1) is 0 Å². The molecule has 0 saturated carbocycles. The van der Waals surface area contributed by atoms with E-state index >= 15 is 0 Å². The van der Waals surface area contributed by atoms with Crippen LogP contribution in [0.1, 0.15) is 6.92 Å². The molecule has 0 fully saturated rings. The molecule has 0 spiro atoms. The van der Waals surface area contributed by atoms with E-state index in [9.17, 15) is 0 Å². The molecule has 42 heavy (non-hydrogen) atoms. The number of hydrogen-bond acceptors (Lipinski definition) is 0. The van der Waals surface area contributed by atoms with Gasteiger partial charge in [0.2, 0.25) is 0 Å². The molecule has 214 valence electrons. The van der Waals surface area contributed by atoms with Crippen molar-refractivity contribution in [3.8, 4) is 0 Å². The molecule has 0 aliphatic heterocycles. The zero-order valence-electron chi connectivity index (χ0n) is 23.5. The van der Waals surface area contributed by atoms with Crippen LogP contribution in [0.2, 0.25) is 0 Å². The van der Waals surface area contributed by atoms with Crippen molar-refractivity contribution in [2.45, 2.75) is 6.92 Å². The second-order valence-corrected chi connectivity index (χ2v) is 15.1. The van der Waals surface area contributed by atoms with Crippen LogP contribution in [0.3, 0.4) is 0 Å². The van der Waals surface area contributed by atoms with Crippen molar-refractivity contribution in [2.24, 2.45) is 0 Å². The first-order valence-electron chi connectivity index (χ1n) is 13.6. The monoisotopic (exact) mass is 784 g/mol. The Bertz CT molecular complexity index is 1360. The SMILES string of the molecule is C[CH-][P+](c1ccccc1)(c1ccccc1)c1ccccc1.[Au+].[Cl-].c1ccc(P(c2ccccc2)c2ccccc2)cc1. The summed E-state index contributed by atoms with van der Waals surface area (Å²) in [6.07, 6.45) is 2.41. The first kappa shape index (κ1) is 33.7. The number of rotatable bonds is 7. The summed E-state index contributed by atoms with van der Waals surface area (Å²) in [7, 11) is -2.11. The Kier molecular flexibility index (Phi) is 13.9. The van der Waals surface area contributed by atoms with Gasteiger partial charge < -0.3 is 12.4 Å². The van der Waals surface area contributed by atoms with Crippen LogP contribution in [0, 0.1) is 6.16 Å². The van der Waals surface area contributed by atoms with Crippen LogP contribution in [-0.4, -0.2) is 0 Å². The van der Waals surface area contributed by atoms with Crippen molar-refractivity contribution < 1.29 is 34.8 Å². The van der Waals surface area contributed by atoms with Gasteiger partial charge >= 0.3 is 22.4 Å². The van der Waals surface area contributed by atoms with E-state index in [2.05, 4.69) is 195 Å². The van der Waals surface area contributed by atoms with Gasteiger partial charge in [0.25, 0.3) is 0 Å². The van der Waals surface area contributed by atoms with Gasteiger partial charge in [0.15, 0.2) is 0 Å². The summed E-state index contributed by atoms with van der Waals surface area (Å²) in [6.45, 7) is 2.20. The number of hydrogen-bond donors (Lipinski definition) is 0. The third-order valence-corrected chi connectivity index (χ3v) is 13.5. The number of halogens is 1. The fourth-order valence-electron chi connectivity index (χ4n) is 5.06. The molecule has 6 aromatic rings. The predicted octanol–water partition coefficient (Wildman–Crippen LogP) is 4.61. The Morgan fingerprint density at radius 1 is 0.381 bits per heavy atom. The summed E-state index contributed by atoms with van der Waals surface area (Å²) < 4.78 is 0. The van der Waals surface area contributed by atoms with Crippen LogP contribution in [0.15, 0.2) is 182 Å². The predicted molar refractivity (Wildman–Crippen MR) is 180 cm³/mol. The maximum atomic E-state index is 2.41. The number of benzene rings is 6. The van der Waals surface area contributed by atoms with E-state index < -0.39 is 15.2 Å². The average molecular weight is 785 g/mol. The fraction of sp³-hybridized carbons (Fsp3) is 0.0263. The second kappa shape index (κ2) is 17.4. The molecule has 0 unspecified atom stereocenters. The Balaban J connectivity index is 0.000000221. The molecule has 0 aliphatic rings. The van der Waals surface area contributed by atoms with Gasteiger partial charge in [-0.1, -0.05) is 146 Å². The van der Waals surface area contributed by atoms with Crippen molar-refractivity contribution in [2.75, 3.05) is 0 Å². The molecule has 0 aromatic heterocycles. The van der Waals surface area contributed by atoms with E-state index in [0.717, 1.165) is 0 Å². The third kappa shape index (κ3) is 7.98. The average Bonchev–Trinajstić information content (AvgIpc) is 3.05. The van der Waals surface area contributed by atoms with Gasteiger partial charge in [-0.3, -0.25) is 0 Å². The summed E-state index contributed by atoms with van der Waals surface area (Å²) in [5.41, 5.74) is 0. The van der Waals surface area contributed by atoms with Crippen LogP contribution in [0.4, 0.5) is 0 Å². The minimum atomic E-state index is -1.66. The van der Waals surface area contributed by atoms with Crippen molar-refractivity contribution in [1.29, 1.82) is 0 Å². The normalized spacial score (nSPS) is 10.4. The molecule has 0 amide bonds. The quantitative estimate of drug-likeness (QED) is 0.126. The smallest absolute Gasteiger partial charge is 1.00 e. The maximum absolute atomic E-state index is 2.41. The van der Waals surface area contributed by atoms with Crippen LogP contribution in [-0.2, 0) is 22.4 Å². The summed E-state index contributed by atoms with van der Waals surface area (Å²) in [5.74, 6) is 0. The molecular formula is C38H34AuClP2. The zero-order chi connectivity index (χ0) is 27.5. The standard InChI is InChI=1S/C20H19P.C18H15P.Au.ClH/c1-2-21(18-12-6-3-7-13-18,19-14-8-4-9-15-19)20-16-10-5-11-17-20;1-4-10-16(11-5-1)19(17-12-6-2-7-13-17)18-14-8-3-9-15-18;;/h2-17H,1H3;1-15H;;1H/q;;+1;/p-1. The molecule has 0 bridgehead atoms. The minimum Gasteiger partial charge on any atom is -1.00 e. The van der Waals surface area contributed by atoms with E-state index in [-0.39, 0.29) is 34.8 Å². The van der Waals surface area contributed by atoms with Crippen LogP contribution in [0.5, 0.6) is 0 Å². The molecule has 0 aliphatic carbocycles. The zero-order valence-corrected chi connectivity index (χ0v) is 28.2. The molecule has 6 aromatic carbocycles. The molecule has 0 radical (unpaired) electrons. The summed E-state index contributed by atoms with van der Waals surface area (Å²) in [4.78, 5) is 0. The third-order valence-electron chi connectivity index (χ3n) is 6.92. The topological polar surface area (TPSA) is 0 Å². The van der Waals surface area contributed by atoms with E-state index in [1.807, 2.05) is 0 Å². The van der Waals surface area contributed by atoms with E-state index in [1.54, 1.807) is 0 Å². The second-order valence-electron chi connectivity index (χ2n) is 9.33. The van der Waals surface area contributed by atoms with Crippen molar-refractivity contribution in [3.63, 3.8) is 0 Å². The fourth-order valence-corrected chi connectivity index (χ4v) is 11.1. The van der Waals surface area contributed by atoms with E-state index in [1.165, 1.54) is 31.8 Å². The van der Waals surface area contributed by atoms with Gasteiger partial charge in [-0.2, -0.15) is 13.1 Å². The molecule has 6 rings (SSSR count). The van der Waals surface area contributed by atoms with Crippen molar-refractivity contribution >= 4 is 47.0 Å². The van der Waals surface area contributed by atoms with Gasteiger partial charge in [0.1, 0.15) is 0 Å². The summed E-state index contributed by atoms with van der Waals surface area (Å²) >= 11 is 0. The molecule has 0 heterocycles. The first-order valence-corrected chi connectivity index (χ1v) is 16.8. The Morgan fingerprint density at radius 3 is 0.810 bits per heavy atom. The van der Waals surface area contributed by atoms with E-state index in [0.29, 0.717) is 0 Å². The van der Waals surface area contributed by atoms with Crippen LogP contribution < -0.4 is 44.2 Å². The van der Waals surface area contributed by atoms with E-state index in [4.69, 9.17) is 0 Å².